The summed E-state index contributed by atoms with van der Waals surface area (Å²) in [6.45, 7) is 8.04. The molecule has 0 aromatic carbocycles. The number of ketones is 1. The molecule has 0 aromatic heterocycles. The summed E-state index contributed by atoms with van der Waals surface area (Å²) in [6.07, 6.45) is 7.14. The summed E-state index contributed by atoms with van der Waals surface area (Å²) in [5.41, 5.74) is 0.0134. The molecule has 0 N–H and O–H groups in total. The largest absolute Gasteiger partial charge is 0.373 e. The standard InChI is InChI=1S/C12H20O.CO2/c1-4-10-7-8-12(5-2,6-3)11(13)9-10;2-1-3/h4,10H,1,5-9H2,2-3H3;. The van der Waals surface area contributed by atoms with Crippen molar-refractivity contribution in [3.63, 3.8) is 0 Å². The van der Waals surface area contributed by atoms with Crippen molar-refractivity contribution in [3.8, 4) is 0 Å². The lowest BCUT2D eigenvalue weighted by Crippen LogP contribution is -2.35. The lowest BCUT2D eigenvalue weighted by Gasteiger charge is -2.36. The number of rotatable bonds is 3. The number of Topliss-reactive ketones (excluding diaryl/α,β-unsaturated/α-hetero) is 1. The first-order chi connectivity index (χ1) is 7.60. The molecule has 16 heavy (non-hydrogen) atoms. The van der Waals surface area contributed by atoms with Crippen LogP contribution in [0.3, 0.4) is 0 Å². The highest BCUT2D eigenvalue weighted by molar-refractivity contribution is 5.85. The van der Waals surface area contributed by atoms with Crippen molar-refractivity contribution < 1.29 is 14.4 Å². The highest BCUT2D eigenvalue weighted by Gasteiger charge is 2.38. The van der Waals surface area contributed by atoms with E-state index in [1.165, 1.54) is 0 Å². The van der Waals surface area contributed by atoms with Gasteiger partial charge in [-0.05, 0) is 31.6 Å². The zero-order chi connectivity index (χ0) is 12.6. The summed E-state index contributed by atoms with van der Waals surface area (Å²) >= 11 is 0. The van der Waals surface area contributed by atoms with Crippen LogP contribution in [-0.4, -0.2) is 11.9 Å². The van der Waals surface area contributed by atoms with Gasteiger partial charge >= 0.3 is 6.15 Å². The Morgan fingerprint density at radius 1 is 1.44 bits per heavy atom. The van der Waals surface area contributed by atoms with E-state index in [1.54, 1.807) is 0 Å². The minimum absolute atomic E-state index is 0.0134. The van der Waals surface area contributed by atoms with Crippen molar-refractivity contribution in [2.45, 2.75) is 46.0 Å². The molecule has 0 amide bonds. The average molecular weight is 224 g/mol. The predicted molar refractivity (Wildman–Crippen MR) is 60.6 cm³/mol. The lowest BCUT2D eigenvalue weighted by molar-refractivity contribution is -0.191. The van der Waals surface area contributed by atoms with Gasteiger partial charge in [0, 0.05) is 11.8 Å². The monoisotopic (exact) mass is 224 g/mol. The first-order valence-electron chi connectivity index (χ1n) is 5.75. The molecule has 1 fully saturated rings. The molecule has 90 valence electrons. The normalized spacial score (nSPS) is 22.6. The van der Waals surface area contributed by atoms with E-state index in [4.69, 9.17) is 9.59 Å². The Balaban J connectivity index is 0.000000673. The summed E-state index contributed by atoms with van der Waals surface area (Å²) in [6, 6.07) is 0. The fraction of sp³-hybridized carbons (Fsp3) is 0.692. The number of allylic oxidation sites excluding steroid dienone is 1. The van der Waals surface area contributed by atoms with Gasteiger partial charge in [-0.1, -0.05) is 19.9 Å². The average Bonchev–Trinajstić information content (AvgIpc) is 2.30. The molecule has 1 aliphatic rings. The van der Waals surface area contributed by atoms with Crippen molar-refractivity contribution in [2.24, 2.45) is 11.3 Å². The molecule has 1 saturated carbocycles. The third-order valence-electron chi connectivity index (χ3n) is 3.72. The van der Waals surface area contributed by atoms with Crippen molar-refractivity contribution in [1.29, 1.82) is 0 Å². The van der Waals surface area contributed by atoms with Gasteiger partial charge in [-0.3, -0.25) is 4.79 Å². The van der Waals surface area contributed by atoms with E-state index < -0.39 is 0 Å². The van der Waals surface area contributed by atoms with Crippen LogP contribution < -0.4 is 0 Å². The molecule has 1 unspecified atom stereocenters. The molecule has 0 spiro atoms. The zero-order valence-corrected chi connectivity index (χ0v) is 10.1. The summed E-state index contributed by atoms with van der Waals surface area (Å²) in [7, 11) is 0. The third-order valence-corrected chi connectivity index (χ3v) is 3.72. The van der Waals surface area contributed by atoms with Crippen molar-refractivity contribution in [3.05, 3.63) is 12.7 Å². The van der Waals surface area contributed by atoms with E-state index in [0.29, 0.717) is 11.7 Å². The lowest BCUT2D eigenvalue weighted by atomic mass is 9.66. The zero-order valence-electron chi connectivity index (χ0n) is 10.1. The topological polar surface area (TPSA) is 51.2 Å². The van der Waals surface area contributed by atoms with Crippen LogP contribution in [0.25, 0.3) is 0 Å². The van der Waals surface area contributed by atoms with Crippen LogP contribution in [0.5, 0.6) is 0 Å². The van der Waals surface area contributed by atoms with Gasteiger partial charge in [0.15, 0.2) is 0 Å². The molecular formula is C13H20O3. The van der Waals surface area contributed by atoms with E-state index in [9.17, 15) is 4.79 Å². The summed E-state index contributed by atoms with van der Waals surface area (Å²) < 4.78 is 0. The van der Waals surface area contributed by atoms with Crippen LogP contribution in [0.1, 0.15) is 46.0 Å². The molecule has 1 aliphatic carbocycles. The Kier molecular flexibility index (Phi) is 6.59. The molecule has 0 bridgehead atoms. The molecule has 0 heterocycles. The number of carbonyl (C=O) groups excluding carboxylic acids is 3. The number of carbonyl (C=O) groups is 1. The van der Waals surface area contributed by atoms with Crippen LogP contribution in [-0.2, 0) is 14.4 Å². The highest BCUT2D eigenvalue weighted by Crippen LogP contribution is 2.41. The summed E-state index contributed by atoms with van der Waals surface area (Å²) in [5.74, 6) is 0.910. The van der Waals surface area contributed by atoms with Crippen molar-refractivity contribution >= 4 is 11.9 Å². The second-order valence-electron chi connectivity index (χ2n) is 4.23. The Morgan fingerprint density at radius 3 is 2.25 bits per heavy atom. The molecule has 1 rings (SSSR count). The van der Waals surface area contributed by atoms with E-state index in [-0.39, 0.29) is 11.6 Å². The molecular weight excluding hydrogens is 204 g/mol. The molecule has 3 nitrogen and oxygen atoms in total. The Labute approximate surface area is 96.9 Å². The van der Waals surface area contributed by atoms with E-state index in [0.717, 1.165) is 32.1 Å². The number of hydrogen-bond acceptors (Lipinski definition) is 3. The van der Waals surface area contributed by atoms with Crippen LogP contribution in [0.2, 0.25) is 0 Å². The molecule has 0 saturated heterocycles. The summed E-state index contributed by atoms with van der Waals surface area (Å²) in [5, 5.41) is 0. The van der Waals surface area contributed by atoms with Crippen LogP contribution in [0, 0.1) is 11.3 Å². The summed E-state index contributed by atoms with van der Waals surface area (Å²) in [4.78, 5) is 28.1. The number of hydrogen-bond donors (Lipinski definition) is 0. The fourth-order valence-corrected chi connectivity index (χ4v) is 2.36. The molecule has 0 aliphatic heterocycles. The second-order valence-corrected chi connectivity index (χ2v) is 4.23. The van der Waals surface area contributed by atoms with Gasteiger partial charge in [-0.15, -0.1) is 6.58 Å². The first kappa shape index (κ1) is 14.8. The second kappa shape index (κ2) is 7.13. The van der Waals surface area contributed by atoms with Gasteiger partial charge in [-0.25, -0.2) is 0 Å². The first-order valence-corrected chi connectivity index (χ1v) is 5.75. The molecule has 0 radical (unpaired) electrons. The maximum atomic E-state index is 11.9. The van der Waals surface area contributed by atoms with Crippen molar-refractivity contribution in [2.75, 3.05) is 0 Å². The minimum Gasteiger partial charge on any atom is -0.299 e. The van der Waals surface area contributed by atoms with Gasteiger partial charge in [0.25, 0.3) is 0 Å². The van der Waals surface area contributed by atoms with Crippen molar-refractivity contribution in [1.82, 2.24) is 0 Å². The third kappa shape index (κ3) is 3.42. The Morgan fingerprint density at radius 2 is 1.94 bits per heavy atom. The van der Waals surface area contributed by atoms with Gasteiger partial charge in [-0.2, -0.15) is 9.59 Å². The van der Waals surface area contributed by atoms with Gasteiger partial charge in [0.2, 0.25) is 0 Å². The van der Waals surface area contributed by atoms with Gasteiger partial charge in [0.05, 0.1) is 0 Å². The SMILES string of the molecule is C=CC1CCC(CC)(CC)C(=O)C1.O=C=O. The highest BCUT2D eigenvalue weighted by atomic mass is 16.2. The Bertz CT molecular complexity index is 271. The van der Waals surface area contributed by atoms with Gasteiger partial charge < -0.3 is 0 Å². The van der Waals surface area contributed by atoms with E-state index in [1.807, 2.05) is 6.08 Å². The van der Waals surface area contributed by atoms with Gasteiger partial charge in [0.1, 0.15) is 5.78 Å². The van der Waals surface area contributed by atoms with Crippen LogP contribution in [0.15, 0.2) is 12.7 Å². The fourth-order valence-electron chi connectivity index (χ4n) is 2.36. The maximum Gasteiger partial charge on any atom is 0.373 e. The predicted octanol–water partition coefficient (Wildman–Crippen LogP) is 2.76. The molecule has 1 atom stereocenters. The molecule has 3 heteroatoms. The van der Waals surface area contributed by atoms with Crippen LogP contribution in [0.4, 0.5) is 0 Å². The molecule has 0 aromatic rings. The Hall–Kier alpha value is -1.21. The van der Waals surface area contributed by atoms with Crippen LogP contribution >= 0.6 is 0 Å². The smallest absolute Gasteiger partial charge is 0.299 e. The van der Waals surface area contributed by atoms with E-state index in [2.05, 4.69) is 20.4 Å². The maximum absolute atomic E-state index is 11.9. The minimum atomic E-state index is 0.0134. The van der Waals surface area contributed by atoms with E-state index >= 15 is 0 Å². The quantitative estimate of drug-likeness (QED) is 0.692.